The van der Waals surface area contributed by atoms with Crippen LogP contribution in [0.1, 0.15) is 5.82 Å². The first-order chi connectivity index (χ1) is 12.7. The molecule has 0 aliphatic carbocycles. The van der Waals surface area contributed by atoms with Gasteiger partial charge in [0.1, 0.15) is 5.82 Å². The maximum absolute atomic E-state index is 13.0. The third-order valence-corrected chi connectivity index (χ3v) is 4.68. The van der Waals surface area contributed by atoms with Crippen LogP contribution in [0.3, 0.4) is 0 Å². The predicted molar refractivity (Wildman–Crippen MR) is 96.2 cm³/mol. The Morgan fingerprint density at radius 2 is 1.88 bits per heavy atom. The smallest absolute Gasteiger partial charge is 0.259 e. The average Bonchev–Trinajstić information content (AvgIpc) is 3.30. The van der Waals surface area contributed by atoms with Gasteiger partial charge in [-0.3, -0.25) is 0 Å². The molecule has 0 unspecified atom stereocenters. The second-order valence-electron chi connectivity index (χ2n) is 5.28. The first kappa shape index (κ1) is 16.8. The minimum absolute atomic E-state index is 0.297. The minimum Gasteiger partial charge on any atom is -0.431 e. The van der Waals surface area contributed by atoms with Crippen molar-refractivity contribution in [1.82, 2.24) is 15.1 Å². The molecule has 4 aromatic rings. The molecule has 0 saturated heterocycles. The Kier molecular flexibility index (Phi) is 4.73. The summed E-state index contributed by atoms with van der Waals surface area (Å²) in [7, 11) is 0. The molecule has 2 aromatic carbocycles. The van der Waals surface area contributed by atoms with Gasteiger partial charge in [-0.05, 0) is 36.4 Å². The summed E-state index contributed by atoms with van der Waals surface area (Å²) in [6, 6.07) is 13.3. The average molecular weight is 388 g/mol. The third-order valence-electron chi connectivity index (χ3n) is 3.51. The van der Waals surface area contributed by atoms with Gasteiger partial charge < -0.3 is 8.94 Å². The number of hydrogen-bond donors (Lipinski definition) is 0. The van der Waals surface area contributed by atoms with Crippen molar-refractivity contribution in [2.24, 2.45) is 0 Å². The Bertz CT molecular complexity index is 1030. The molecular weight excluding hydrogens is 377 g/mol. The van der Waals surface area contributed by atoms with Crippen LogP contribution in [0.5, 0.6) is 0 Å². The number of aromatic nitrogens is 3. The Morgan fingerprint density at radius 3 is 2.69 bits per heavy atom. The van der Waals surface area contributed by atoms with E-state index in [2.05, 4.69) is 15.1 Å². The Morgan fingerprint density at radius 1 is 1.08 bits per heavy atom. The summed E-state index contributed by atoms with van der Waals surface area (Å²) in [6.07, 6.45) is 1.60. The Hall–Kier alpha value is -2.64. The maximum Gasteiger partial charge on any atom is 0.259 e. The van der Waals surface area contributed by atoms with Gasteiger partial charge in [0.25, 0.3) is 11.1 Å². The molecule has 5 nitrogen and oxygen atoms in total. The SMILES string of the molecule is Fc1ccc(-c2cnc(SCc3noc(-c4ccccc4Cl)n3)o2)cc1. The monoisotopic (exact) mass is 387 g/mol. The standard InChI is InChI=1S/C18H11ClFN3O2S/c19-14-4-2-1-3-13(14)17-22-16(23-25-17)10-26-18-21-9-15(24-18)11-5-7-12(20)8-6-11/h1-9H,10H2. The van der Waals surface area contributed by atoms with Gasteiger partial charge >= 0.3 is 0 Å². The molecule has 0 amide bonds. The normalized spacial score (nSPS) is 11.0. The summed E-state index contributed by atoms with van der Waals surface area (Å²) in [6.45, 7) is 0. The lowest BCUT2D eigenvalue weighted by Gasteiger charge is -1.96. The number of benzene rings is 2. The second kappa shape index (κ2) is 7.31. The molecule has 0 spiro atoms. The molecular formula is C18H11ClFN3O2S. The maximum atomic E-state index is 13.0. The molecule has 0 aliphatic rings. The van der Waals surface area contributed by atoms with Crippen LogP contribution in [0.15, 0.2) is 68.9 Å². The van der Waals surface area contributed by atoms with Gasteiger partial charge in [-0.15, -0.1) is 0 Å². The highest BCUT2D eigenvalue weighted by atomic mass is 35.5. The zero-order chi connectivity index (χ0) is 17.9. The molecule has 0 bridgehead atoms. The van der Waals surface area contributed by atoms with E-state index in [9.17, 15) is 4.39 Å². The summed E-state index contributed by atoms with van der Waals surface area (Å²) < 4.78 is 23.9. The van der Waals surface area contributed by atoms with Gasteiger partial charge in [-0.1, -0.05) is 40.7 Å². The first-order valence-electron chi connectivity index (χ1n) is 7.61. The largest absolute Gasteiger partial charge is 0.431 e. The number of hydrogen-bond acceptors (Lipinski definition) is 6. The summed E-state index contributed by atoms with van der Waals surface area (Å²) in [5.41, 5.74) is 1.44. The summed E-state index contributed by atoms with van der Waals surface area (Å²) in [5, 5.41) is 4.96. The lowest BCUT2D eigenvalue weighted by atomic mass is 10.2. The van der Waals surface area contributed by atoms with E-state index >= 15 is 0 Å². The number of thioether (sulfide) groups is 1. The number of nitrogens with zero attached hydrogens (tertiary/aromatic N) is 3. The number of oxazole rings is 1. The van der Waals surface area contributed by atoms with E-state index in [0.29, 0.717) is 39.0 Å². The van der Waals surface area contributed by atoms with Gasteiger partial charge in [0.15, 0.2) is 11.6 Å². The van der Waals surface area contributed by atoms with Crippen molar-refractivity contribution in [2.75, 3.05) is 0 Å². The fourth-order valence-electron chi connectivity index (χ4n) is 2.26. The topological polar surface area (TPSA) is 65.0 Å². The molecule has 0 N–H and O–H groups in total. The van der Waals surface area contributed by atoms with Crippen molar-refractivity contribution in [3.63, 3.8) is 0 Å². The second-order valence-corrected chi connectivity index (χ2v) is 6.62. The molecule has 8 heteroatoms. The highest BCUT2D eigenvalue weighted by Crippen LogP contribution is 2.29. The minimum atomic E-state index is -0.297. The molecule has 2 aromatic heterocycles. The van der Waals surface area contributed by atoms with Crippen molar-refractivity contribution < 1.29 is 13.3 Å². The van der Waals surface area contributed by atoms with Crippen molar-refractivity contribution in [1.29, 1.82) is 0 Å². The molecule has 0 aliphatic heterocycles. The van der Waals surface area contributed by atoms with Crippen LogP contribution in [-0.2, 0) is 5.75 Å². The summed E-state index contributed by atoms with van der Waals surface area (Å²) in [4.78, 5) is 8.54. The quantitative estimate of drug-likeness (QED) is 0.423. The van der Waals surface area contributed by atoms with E-state index in [0.717, 1.165) is 5.56 Å². The first-order valence-corrected chi connectivity index (χ1v) is 8.97. The van der Waals surface area contributed by atoms with E-state index in [-0.39, 0.29) is 5.82 Å². The van der Waals surface area contributed by atoms with Gasteiger partial charge in [0.05, 0.1) is 22.5 Å². The zero-order valence-electron chi connectivity index (χ0n) is 13.2. The fourth-order valence-corrected chi connectivity index (χ4v) is 3.12. The van der Waals surface area contributed by atoms with Gasteiger partial charge in [0, 0.05) is 5.56 Å². The molecule has 130 valence electrons. The lowest BCUT2D eigenvalue weighted by Crippen LogP contribution is -1.84. The van der Waals surface area contributed by atoms with Crippen LogP contribution >= 0.6 is 23.4 Å². The molecule has 0 fully saturated rings. The van der Waals surface area contributed by atoms with Crippen LogP contribution in [0.2, 0.25) is 5.02 Å². The van der Waals surface area contributed by atoms with E-state index < -0.39 is 0 Å². The highest BCUT2D eigenvalue weighted by Gasteiger charge is 2.13. The number of halogens is 2. The van der Waals surface area contributed by atoms with Crippen LogP contribution in [0.4, 0.5) is 4.39 Å². The molecule has 0 radical (unpaired) electrons. The lowest BCUT2D eigenvalue weighted by molar-refractivity contribution is 0.425. The molecule has 0 atom stereocenters. The van der Waals surface area contributed by atoms with E-state index in [4.69, 9.17) is 20.5 Å². The van der Waals surface area contributed by atoms with Crippen molar-refractivity contribution in [3.05, 3.63) is 71.4 Å². The van der Waals surface area contributed by atoms with Crippen molar-refractivity contribution >= 4 is 23.4 Å². The molecule has 0 saturated carbocycles. The summed E-state index contributed by atoms with van der Waals surface area (Å²) >= 11 is 7.47. The van der Waals surface area contributed by atoms with Crippen LogP contribution in [0, 0.1) is 5.82 Å². The molecule has 26 heavy (non-hydrogen) atoms. The predicted octanol–water partition coefficient (Wildman–Crippen LogP) is 5.48. The Labute approximate surface area is 157 Å². The van der Waals surface area contributed by atoms with E-state index in [1.165, 1.54) is 23.9 Å². The summed E-state index contributed by atoms with van der Waals surface area (Å²) in [5.74, 6) is 1.57. The highest BCUT2D eigenvalue weighted by molar-refractivity contribution is 7.98. The number of rotatable bonds is 5. The molecule has 2 heterocycles. The van der Waals surface area contributed by atoms with Gasteiger partial charge in [-0.2, -0.15) is 4.98 Å². The van der Waals surface area contributed by atoms with Crippen LogP contribution in [-0.4, -0.2) is 15.1 Å². The van der Waals surface area contributed by atoms with Crippen LogP contribution < -0.4 is 0 Å². The van der Waals surface area contributed by atoms with Gasteiger partial charge in [0.2, 0.25) is 0 Å². The molecule has 4 rings (SSSR count). The van der Waals surface area contributed by atoms with E-state index in [1.54, 1.807) is 24.4 Å². The zero-order valence-corrected chi connectivity index (χ0v) is 14.8. The fraction of sp³-hybridized carbons (Fsp3) is 0.0556. The van der Waals surface area contributed by atoms with Gasteiger partial charge in [-0.25, -0.2) is 9.37 Å². The van der Waals surface area contributed by atoms with Crippen LogP contribution in [0.25, 0.3) is 22.8 Å². The third kappa shape index (κ3) is 3.63. The van der Waals surface area contributed by atoms with Crippen molar-refractivity contribution in [2.45, 2.75) is 11.0 Å². The van der Waals surface area contributed by atoms with E-state index in [1.807, 2.05) is 18.2 Å². The van der Waals surface area contributed by atoms with Crippen molar-refractivity contribution in [3.8, 4) is 22.8 Å². The Balaban J connectivity index is 1.44.